The highest BCUT2D eigenvalue weighted by molar-refractivity contribution is 9.10. The Morgan fingerprint density at radius 2 is 2.40 bits per heavy atom. The van der Waals surface area contributed by atoms with Crippen LogP contribution in [0.2, 0.25) is 0 Å². The lowest BCUT2D eigenvalue weighted by molar-refractivity contribution is 0.457. The normalized spacial score (nSPS) is 13.0. The number of hydrogen-bond acceptors (Lipinski definition) is 4. The number of hydrogen-bond donors (Lipinski definition) is 1. The van der Waals surface area contributed by atoms with Gasteiger partial charge in [0.05, 0.1) is 21.4 Å². The van der Waals surface area contributed by atoms with E-state index in [2.05, 4.69) is 26.2 Å². The second-order valence-corrected chi connectivity index (χ2v) is 5.06. The van der Waals surface area contributed by atoms with Crippen molar-refractivity contribution < 1.29 is 4.42 Å². The number of thiazole rings is 1. The minimum absolute atomic E-state index is 0.0133. The van der Waals surface area contributed by atoms with Crippen molar-refractivity contribution in [1.82, 2.24) is 10.3 Å². The summed E-state index contributed by atoms with van der Waals surface area (Å²) in [5, 5.41) is 6.31. The molecule has 0 radical (unpaired) electrons. The summed E-state index contributed by atoms with van der Waals surface area (Å²) in [4.78, 5) is 4.45. The fourth-order valence-corrected chi connectivity index (χ4v) is 2.51. The quantitative estimate of drug-likeness (QED) is 0.942. The van der Waals surface area contributed by atoms with Crippen LogP contribution in [0.1, 0.15) is 22.5 Å². The van der Waals surface area contributed by atoms with Gasteiger partial charge in [-0.1, -0.05) is 0 Å². The van der Waals surface area contributed by atoms with E-state index < -0.39 is 0 Å². The van der Waals surface area contributed by atoms with Crippen molar-refractivity contribution in [3.05, 3.63) is 38.6 Å². The lowest BCUT2D eigenvalue weighted by atomic mass is 10.2. The largest absolute Gasteiger partial charge is 0.466 e. The maximum absolute atomic E-state index is 5.44. The van der Waals surface area contributed by atoms with E-state index in [-0.39, 0.29) is 6.04 Å². The van der Waals surface area contributed by atoms with Crippen LogP contribution < -0.4 is 5.32 Å². The van der Waals surface area contributed by atoms with Crippen molar-refractivity contribution >= 4 is 27.3 Å². The van der Waals surface area contributed by atoms with Gasteiger partial charge in [-0.15, -0.1) is 11.3 Å². The van der Waals surface area contributed by atoms with Crippen molar-refractivity contribution in [2.45, 2.75) is 13.0 Å². The van der Waals surface area contributed by atoms with Crippen molar-refractivity contribution in [3.63, 3.8) is 0 Å². The highest BCUT2D eigenvalue weighted by atomic mass is 79.9. The number of aromatic nitrogens is 1. The molecule has 0 saturated carbocycles. The Bertz CT molecular complexity index is 452. The van der Waals surface area contributed by atoms with Gasteiger partial charge in [-0.05, 0) is 36.0 Å². The topological polar surface area (TPSA) is 38.1 Å². The molecular formula is C10H11BrN2OS. The highest BCUT2D eigenvalue weighted by Crippen LogP contribution is 2.29. The molecule has 1 atom stereocenters. The van der Waals surface area contributed by atoms with E-state index in [1.807, 2.05) is 25.4 Å². The summed E-state index contributed by atoms with van der Waals surface area (Å²) in [7, 11) is 1.90. The van der Waals surface area contributed by atoms with Crippen LogP contribution in [0, 0.1) is 6.92 Å². The second-order valence-electron chi connectivity index (χ2n) is 3.15. The Morgan fingerprint density at radius 1 is 1.60 bits per heavy atom. The van der Waals surface area contributed by atoms with Gasteiger partial charge in [0.2, 0.25) is 0 Å². The minimum atomic E-state index is 0.0133. The van der Waals surface area contributed by atoms with E-state index >= 15 is 0 Å². The van der Waals surface area contributed by atoms with Crippen LogP contribution in [-0.2, 0) is 0 Å². The van der Waals surface area contributed by atoms with Crippen LogP contribution in [-0.4, -0.2) is 12.0 Å². The molecule has 5 heteroatoms. The summed E-state index contributed by atoms with van der Waals surface area (Å²) in [6, 6.07) is 1.90. The fourth-order valence-electron chi connectivity index (χ4n) is 1.44. The lowest BCUT2D eigenvalue weighted by Crippen LogP contribution is -2.17. The Kier molecular flexibility index (Phi) is 3.23. The highest BCUT2D eigenvalue weighted by Gasteiger charge is 2.20. The summed E-state index contributed by atoms with van der Waals surface area (Å²) >= 11 is 5.10. The summed E-state index contributed by atoms with van der Waals surface area (Å²) in [5.41, 5.74) is 0.996. The summed E-state index contributed by atoms with van der Waals surface area (Å²) in [6.45, 7) is 2.00. The number of nitrogens with zero attached hydrogens (tertiary/aromatic N) is 1. The monoisotopic (exact) mass is 286 g/mol. The Morgan fingerprint density at radius 3 is 2.87 bits per heavy atom. The third-order valence-electron chi connectivity index (χ3n) is 2.13. The summed E-state index contributed by atoms with van der Waals surface area (Å²) in [5.74, 6) is 0.864. The van der Waals surface area contributed by atoms with Crippen LogP contribution >= 0.6 is 27.3 Å². The molecule has 0 fully saturated rings. The molecule has 2 aromatic heterocycles. The molecule has 2 aromatic rings. The molecular weight excluding hydrogens is 276 g/mol. The first-order valence-electron chi connectivity index (χ1n) is 4.54. The first kappa shape index (κ1) is 10.9. The second kappa shape index (κ2) is 4.47. The smallest absolute Gasteiger partial charge is 0.140 e. The van der Waals surface area contributed by atoms with E-state index in [4.69, 9.17) is 4.42 Å². The number of aryl methyl sites for hydroxylation is 1. The van der Waals surface area contributed by atoms with Gasteiger partial charge in [0.1, 0.15) is 11.8 Å². The van der Waals surface area contributed by atoms with Crippen LogP contribution in [0.5, 0.6) is 0 Å². The van der Waals surface area contributed by atoms with Crippen molar-refractivity contribution in [1.29, 1.82) is 0 Å². The van der Waals surface area contributed by atoms with Crippen molar-refractivity contribution in [2.24, 2.45) is 0 Å². The molecule has 0 amide bonds. The fraction of sp³-hybridized carbons (Fsp3) is 0.300. The van der Waals surface area contributed by atoms with Gasteiger partial charge in [-0.3, -0.25) is 0 Å². The molecule has 0 aliphatic carbocycles. The molecule has 0 saturated heterocycles. The zero-order valence-corrected chi connectivity index (χ0v) is 10.9. The third-order valence-corrected chi connectivity index (χ3v) is 3.58. The van der Waals surface area contributed by atoms with Gasteiger partial charge in [0.15, 0.2) is 0 Å². The van der Waals surface area contributed by atoms with E-state index in [0.717, 1.165) is 20.9 Å². The van der Waals surface area contributed by atoms with Gasteiger partial charge in [-0.2, -0.15) is 0 Å². The van der Waals surface area contributed by atoms with Crippen LogP contribution in [0.15, 0.2) is 26.6 Å². The lowest BCUT2D eigenvalue weighted by Gasteiger charge is -2.11. The van der Waals surface area contributed by atoms with E-state index in [1.54, 1.807) is 17.6 Å². The first-order valence-corrected chi connectivity index (χ1v) is 6.22. The first-order chi connectivity index (χ1) is 7.22. The minimum Gasteiger partial charge on any atom is -0.466 e. The molecule has 80 valence electrons. The maximum atomic E-state index is 5.44. The Balaban J connectivity index is 2.36. The Hall–Kier alpha value is -0.650. The van der Waals surface area contributed by atoms with Gasteiger partial charge in [-0.25, -0.2) is 4.98 Å². The van der Waals surface area contributed by atoms with Gasteiger partial charge in [0.25, 0.3) is 0 Å². The zero-order chi connectivity index (χ0) is 10.8. The zero-order valence-electron chi connectivity index (χ0n) is 8.45. The molecule has 3 nitrogen and oxygen atoms in total. The van der Waals surface area contributed by atoms with E-state index in [1.165, 1.54) is 0 Å². The van der Waals surface area contributed by atoms with E-state index in [9.17, 15) is 0 Å². The number of halogens is 1. The van der Waals surface area contributed by atoms with Crippen molar-refractivity contribution in [2.75, 3.05) is 7.05 Å². The molecule has 0 aliphatic rings. The third kappa shape index (κ3) is 2.14. The van der Waals surface area contributed by atoms with Crippen LogP contribution in [0.4, 0.5) is 0 Å². The molecule has 0 bridgehead atoms. The SMILES string of the molecule is CNC(c1csc(C)n1)c1occc1Br. The standard InChI is InChI=1S/C10H11BrN2OS/c1-6-13-8(5-15-6)9(12-2)10-7(11)3-4-14-10/h3-5,9,12H,1-2H3. The Labute approximate surface area is 101 Å². The van der Waals surface area contributed by atoms with Crippen LogP contribution in [0.3, 0.4) is 0 Å². The van der Waals surface area contributed by atoms with Gasteiger partial charge in [0, 0.05) is 5.38 Å². The van der Waals surface area contributed by atoms with Crippen LogP contribution in [0.25, 0.3) is 0 Å². The molecule has 1 N–H and O–H groups in total. The number of furan rings is 1. The molecule has 0 aromatic carbocycles. The summed E-state index contributed by atoms with van der Waals surface area (Å²) < 4.78 is 6.40. The predicted molar refractivity (Wildman–Crippen MR) is 64.2 cm³/mol. The molecule has 0 spiro atoms. The molecule has 2 heterocycles. The summed E-state index contributed by atoms with van der Waals surface area (Å²) in [6.07, 6.45) is 1.67. The number of nitrogens with one attached hydrogen (secondary N) is 1. The molecule has 15 heavy (non-hydrogen) atoms. The average molecular weight is 287 g/mol. The molecule has 1 unspecified atom stereocenters. The predicted octanol–water partition coefficient (Wildman–Crippen LogP) is 3.12. The molecule has 0 aliphatic heterocycles. The molecule has 2 rings (SSSR count). The average Bonchev–Trinajstić information content (AvgIpc) is 2.79. The van der Waals surface area contributed by atoms with Crippen molar-refractivity contribution in [3.8, 4) is 0 Å². The van der Waals surface area contributed by atoms with E-state index in [0.29, 0.717) is 0 Å². The maximum Gasteiger partial charge on any atom is 0.140 e. The van der Waals surface area contributed by atoms with Gasteiger partial charge < -0.3 is 9.73 Å². The number of rotatable bonds is 3. The van der Waals surface area contributed by atoms with Gasteiger partial charge >= 0.3 is 0 Å².